The Morgan fingerprint density at radius 2 is 2.00 bits per heavy atom. The van der Waals surface area contributed by atoms with Gasteiger partial charge in [0, 0.05) is 10.9 Å². The Labute approximate surface area is 123 Å². The summed E-state index contributed by atoms with van der Waals surface area (Å²) in [6.45, 7) is 0. The molecule has 0 unspecified atom stereocenters. The van der Waals surface area contributed by atoms with E-state index in [2.05, 4.69) is 9.72 Å². The molecule has 1 heterocycles. The summed E-state index contributed by atoms with van der Waals surface area (Å²) < 4.78 is 44.2. The van der Waals surface area contributed by atoms with Gasteiger partial charge in [0.25, 0.3) is 0 Å². The number of aromatic amines is 1. The lowest BCUT2D eigenvalue weighted by Crippen LogP contribution is -2.06. The van der Waals surface area contributed by atoms with Gasteiger partial charge in [0.05, 0.1) is 18.4 Å². The molecule has 7 heteroatoms. The number of para-hydroxylation sites is 1. The van der Waals surface area contributed by atoms with Crippen LogP contribution in [-0.4, -0.2) is 23.2 Å². The van der Waals surface area contributed by atoms with Crippen LogP contribution in [-0.2, 0) is 15.7 Å². The van der Waals surface area contributed by atoms with Crippen molar-refractivity contribution in [1.82, 2.24) is 4.98 Å². The van der Waals surface area contributed by atoms with Gasteiger partial charge in [-0.25, -0.2) is 4.79 Å². The van der Waals surface area contributed by atoms with Crippen molar-refractivity contribution in [2.75, 3.05) is 7.11 Å². The first kappa shape index (κ1) is 15.7. The van der Waals surface area contributed by atoms with Crippen LogP contribution in [0.15, 0.2) is 42.2 Å². The van der Waals surface area contributed by atoms with Crippen molar-refractivity contribution in [3.8, 4) is 0 Å². The van der Waals surface area contributed by atoms with E-state index >= 15 is 0 Å². The van der Waals surface area contributed by atoms with Crippen molar-refractivity contribution in [1.29, 1.82) is 0 Å². The number of halogens is 3. The molecule has 0 saturated carbocycles. The molecule has 1 aromatic heterocycles. The van der Waals surface area contributed by atoms with Gasteiger partial charge in [0.15, 0.2) is 0 Å². The number of rotatable bonds is 4. The number of hydrogen-bond acceptors (Lipinski definition) is 2. The smallest absolute Gasteiger partial charge is 0.419 e. The van der Waals surface area contributed by atoms with Crippen LogP contribution >= 0.6 is 0 Å². The number of alkyl halides is 3. The maximum atomic E-state index is 13.2. The average molecular weight is 311 g/mol. The molecule has 0 fully saturated rings. The molecular formula is C15H12F3NO3. The van der Waals surface area contributed by atoms with Crippen molar-refractivity contribution in [2.45, 2.75) is 6.18 Å². The van der Waals surface area contributed by atoms with Gasteiger partial charge in [0.2, 0.25) is 5.76 Å². The van der Waals surface area contributed by atoms with Crippen molar-refractivity contribution >= 4 is 22.9 Å². The number of nitrogens with one attached hydrogen (secondary N) is 1. The number of carboxylic acid groups (broad SMARTS) is 1. The van der Waals surface area contributed by atoms with E-state index in [9.17, 15) is 18.0 Å². The maximum Gasteiger partial charge on any atom is 0.419 e. The molecule has 0 bridgehead atoms. The summed E-state index contributed by atoms with van der Waals surface area (Å²) in [5.41, 5.74) is -0.587. The average Bonchev–Trinajstić information content (AvgIpc) is 2.81. The summed E-state index contributed by atoms with van der Waals surface area (Å²) in [4.78, 5) is 13.4. The highest BCUT2D eigenvalue weighted by Crippen LogP contribution is 2.38. The minimum Gasteiger partial charge on any atom is -0.490 e. The topological polar surface area (TPSA) is 62.3 Å². The molecule has 0 atom stereocenters. The third kappa shape index (κ3) is 3.13. The molecule has 0 saturated heterocycles. The van der Waals surface area contributed by atoms with E-state index in [0.29, 0.717) is 5.52 Å². The number of carboxylic acids is 1. The number of H-pyrrole nitrogens is 1. The van der Waals surface area contributed by atoms with Crippen molar-refractivity contribution in [3.05, 3.63) is 53.4 Å². The van der Waals surface area contributed by atoms with Crippen LogP contribution < -0.4 is 0 Å². The third-order valence-electron chi connectivity index (χ3n) is 2.96. The number of allylic oxidation sites excluding steroid dienone is 2. The Morgan fingerprint density at radius 3 is 2.59 bits per heavy atom. The van der Waals surface area contributed by atoms with Crippen molar-refractivity contribution in [2.24, 2.45) is 0 Å². The van der Waals surface area contributed by atoms with Gasteiger partial charge in [0.1, 0.15) is 0 Å². The highest BCUT2D eigenvalue weighted by Gasteiger charge is 2.36. The fourth-order valence-electron chi connectivity index (χ4n) is 2.05. The number of carbonyl (C=O) groups is 1. The highest BCUT2D eigenvalue weighted by molar-refractivity contribution is 5.88. The van der Waals surface area contributed by atoms with Crippen LogP contribution in [0.25, 0.3) is 17.0 Å². The fourth-order valence-corrected chi connectivity index (χ4v) is 2.05. The van der Waals surface area contributed by atoms with Gasteiger partial charge in [-0.1, -0.05) is 24.3 Å². The minimum atomic E-state index is -4.53. The standard InChI is InChI=1S/C15H12F3NO3/c1-22-12(14(20)21)8-4-7-11-13(15(16,17)18)9-5-2-3-6-10(9)19-11/h2-8,19H,1H3,(H,20,21)/b7-4+,12-8-. The lowest BCUT2D eigenvalue weighted by atomic mass is 10.1. The molecule has 0 aliphatic heterocycles. The maximum absolute atomic E-state index is 13.2. The van der Waals surface area contributed by atoms with E-state index in [4.69, 9.17) is 5.11 Å². The first-order valence-electron chi connectivity index (χ1n) is 6.18. The molecule has 0 amide bonds. The molecule has 0 aliphatic carbocycles. The molecule has 0 aliphatic rings. The minimum absolute atomic E-state index is 0.0591. The second-order valence-corrected chi connectivity index (χ2v) is 4.36. The van der Waals surface area contributed by atoms with E-state index in [1.165, 1.54) is 24.3 Å². The quantitative estimate of drug-likeness (QED) is 0.513. The summed E-state index contributed by atoms with van der Waals surface area (Å²) in [6.07, 6.45) is -1.11. The lowest BCUT2D eigenvalue weighted by molar-refractivity contribution is -0.137. The van der Waals surface area contributed by atoms with Gasteiger partial charge in [-0.05, 0) is 18.2 Å². The van der Waals surface area contributed by atoms with Crippen LogP contribution in [0.5, 0.6) is 0 Å². The Balaban J connectivity index is 2.50. The molecular weight excluding hydrogens is 299 g/mol. The zero-order valence-corrected chi connectivity index (χ0v) is 11.4. The zero-order chi connectivity index (χ0) is 16.3. The van der Waals surface area contributed by atoms with Crippen LogP contribution in [0.4, 0.5) is 13.2 Å². The number of ether oxygens (including phenoxy) is 1. The van der Waals surface area contributed by atoms with Crippen molar-refractivity contribution < 1.29 is 27.8 Å². The van der Waals surface area contributed by atoms with Crippen LogP contribution in [0.1, 0.15) is 11.3 Å². The number of hydrogen-bond donors (Lipinski definition) is 2. The summed E-state index contributed by atoms with van der Waals surface area (Å²) in [5, 5.41) is 8.81. The molecule has 4 nitrogen and oxygen atoms in total. The molecule has 1 aromatic carbocycles. The number of benzene rings is 1. The summed E-state index contributed by atoms with van der Waals surface area (Å²) in [7, 11) is 1.16. The SMILES string of the molecule is CO/C(=C\C=C\c1[nH]c2ccccc2c1C(F)(F)F)C(=O)O. The molecule has 116 valence electrons. The van der Waals surface area contributed by atoms with Gasteiger partial charge in [-0.15, -0.1) is 0 Å². The van der Waals surface area contributed by atoms with E-state index in [1.54, 1.807) is 6.07 Å². The summed E-state index contributed by atoms with van der Waals surface area (Å²) in [6, 6.07) is 6.06. The number of aromatic nitrogens is 1. The number of methoxy groups -OCH3 is 1. The first-order valence-corrected chi connectivity index (χ1v) is 6.18. The Kier molecular flexibility index (Phi) is 4.25. The predicted molar refractivity (Wildman–Crippen MR) is 75.1 cm³/mol. The van der Waals surface area contributed by atoms with E-state index in [1.807, 2.05) is 0 Å². The zero-order valence-electron chi connectivity index (χ0n) is 11.4. The molecule has 2 rings (SSSR count). The number of fused-ring (bicyclic) bond motifs is 1. The monoisotopic (exact) mass is 311 g/mol. The molecule has 2 N–H and O–H groups in total. The van der Waals surface area contributed by atoms with Crippen LogP contribution in [0.2, 0.25) is 0 Å². The largest absolute Gasteiger partial charge is 0.490 e. The normalized spacial score (nSPS) is 13.0. The van der Waals surface area contributed by atoms with Gasteiger partial charge in [-0.2, -0.15) is 13.2 Å². The second-order valence-electron chi connectivity index (χ2n) is 4.36. The molecule has 22 heavy (non-hydrogen) atoms. The van der Waals surface area contributed by atoms with Gasteiger partial charge in [-0.3, -0.25) is 0 Å². The van der Waals surface area contributed by atoms with Gasteiger partial charge >= 0.3 is 12.1 Å². The lowest BCUT2D eigenvalue weighted by Gasteiger charge is -2.06. The van der Waals surface area contributed by atoms with Crippen molar-refractivity contribution in [3.63, 3.8) is 0 Å². The second kappa shape index (κ2) is 5.97. The van der Waals surface area contributed by atoms with Gasteiger partial charge < -0.3 is 14.8 Å². The molecule has 0 spiro atoms. The Bertz CT molecular complexity index is 757. The van der Waals surface area contributed by atoms with Crippen LogP contribution in [0, 0.1) is 0 Å². The first-order chi connectivity index (χ1) is 10.3. The van der Waals surface area contributed by atoms with E-state index < -0.39 is 17.7 Å². The van der Waals surface area contributed by atoms with Crippen LogP contribution in [0.3, 0.4) is 0 Å². The van der Waals surface area contributed by atoms with E-state index in [0.717, 1.165) is 19.3 Å². The Morgan fingerprint density at radius 1 is 1.32 bits per heavy atom. The molecule has 2 aromatic rings. The van der Waals surface area contributed by atoms with E-state index in [-0.39, 0.29) is 16.8 Å². The summed E-state index contributed by atoms with van der Waals surface area (Å²) in [5.74, 6) is -1.68. The fraction of sp³-hybridized carbons (Fsp3) is 0.133. The highest BCUT2D eigenvalue weighted by atomic mass is 19.4. The predicted octanol–water partition coefficient (Wildman–Crippen LogP) is 3.81. The number of aliphatic carboxylic acids is 1. The Hall–Kier alpha value is -2.70. The summed E-state index contributed by atoms with van der Waals surface area (Å²) >= 11 is 0. The third-order valence-corrected chi connectivity index (χ3v) is 2.96. The molecule has 0 radical (unpaired) electrons.